The van der Waals surface area contributed by atoms with E-state index in [0.717, 1.165) is 44.6 Å². The van der Waals surface area contributed by atoms with Crippen LogP contribution in [-0.4, -0.2) is 64.0 Å². The number of rotatable bonds is 12. The summed E-state index contributed by atoms with van der Waals surface area (Å²) in [6, 6.07) is 12.3. The van der Waals surface area contributed by atoms with E-state index in [1.165, 1.54) is 0 Å². The number of amidine groups is 1. The summed E-state index contributed by atoms with van der Waals surface area (Å²) in [6.07, 6.45) is 3.95. The second-order valence-corrected chi connectivity index (χ2v) is 12.7. The molecule has 0 saturated heterocycles. The van der Waals surface area contributed by atoms with Gasteiger partial charge in [-0.1, -0.05) is 12.2 Å². The Labute approximate surface area is 305 Å². The number of aliphatic imine (C=N–C) groups is 2. The van der Waals surface area contributed by atoms with Gasteiger partial charge in [0.15, 0.2) is 5.84 Å². The molecule has 53 heavy (non-hydrogen) atoms. The van der Waals surface area contributed by atoms with Crippen LogP contribution in [0.3, 0.4) is 0 Å². The van der Waals surface area contributed by atoms with Crippen LogP contribution in [0.5, 0.6) is 0 Å². The van der Waals surface area contributed by atoms with Gasteiger partial charge in [-0.3, -0.25) is 29.1 Å². The van der Waals surface area contributed by atoms with Crippen molar-refractivity contribution in [3.8, 4) is 0 Å². The Morgan fingerprint density at radius 3 is 2.08 bits per heavy atom. The maximum absolute atomic E-state index is 13.5. The Kier molecular flexibility index (Phi) is 9.92. The number of hydrogen-bond acceptors (Lipinski definition) is 7. The minimum Gasteiger partial charge on any atom is -0.366 e. The number of allylic oxidation sites excluding steroid dienone is 2. The molecule has 0 aliphatic carbocycles. The highest BCUT2D eigenvalue weighted by molar-refractivity contribution is 6.05. The zero-order valence-electron chi connectivity index (χ0n) is 30.6. The van der Waals surface area contributed by atoms with Crippen LogP contribution in [0.15, 0.2) is 64.6 Å². The first-order valence-electron chi connectivity index (χ1n) is 17.2. The summed E-state index contributed by atoms with van der Waals surface area (Å²) in [6.45, 7) is 17.1. The molecule has 4 aromatic heterocycles. The lowest BCUT2D eigenvalue weighted by molar-refractivity contribution is 0.0992. The molecule has 15 nitrogen and oxygen atoms in total. The van der Waals surface area contributed by atoms with Crippen LogP contribution in [0.1, 0.15) is 73.3 Å². The molecule has 4 heterocycles. The lowest BCUT2D eigenvalue weighted by Crippen LogP contribution is -2.20. The summed E-state index contributed by atoms with van der Waals surface area (Å²) in [5.41, 5.74) is 18.4. The summed E-state index contributed by atoms with van der Waals surface area (Å²) in [5.74, 6) is -0.112. The number of carbonyl (C=O) groups excluding carboxylic acids is 3. The number of aryl methyl sites for hydroxylation is 6. The monoisotopic (exact) mass is 714 g/mol. The number of carbonyl (C=O) groups is 3. The number of benzene rings is 2. The number of amides is 3. The summed E-state index contributed by atoms with van der Waals surface area (Å²) < 4.78 is 7.38. The highest BCUT2D eigenvalue weighted by Crippen LogP contribution is 2.34. The predicted molar refractivity (Wildman–Crippen MR) is 206 cm³/mol. The highest BCUT2D eigenvalue weighted by Gasteiger charge is 2.21. The van der Waals surface area contributed by atoms with E-state index < -0.39 is 11.8 Å². The van der Waals surface area contributed by atoms with E-state index in [1.54, 1.807) is 35.0 Å². The Balaban J connectivity index is 1.41. The number of nitrogens with one attached hydrogen (secondary N) is 1. The number of primary amides is 2. The van der Waals surface area contributed by atoms with Crippen LogP contribution in [0, 0.1) is 27.7 Å². The van der Waals surface area contributed by atoms with Crippen LogP contribution in [0.4, 0.5) is 11.8 Å². The molecular formula is C38H42N12O3. The fraction of sp³-hybridized carbons (Fsp3) is 0.263. The van der Waals surface area contributed by atoms with Crippen molar-refractivity contribution in [1.82, 2.24) is 33.7 Å². The molecule has 0 radical (unpaired) electrons. The second-order valence-electron chi connectivity index (χ2n) is 12.7. The predicted octanol–water partition coefficient (Wildman–Crippen LogP) is 5.14. The smallest absolute Gasteiger partial charge is 0.276 e. The average Bonchev–Trinajstić information content (AvgIpc) is 3.87. The third kappa shape index (κ3) is 6.88. The number of nitrogens with two attached hydrogens (primary N) is 2. The first-order valence-corrected chi connectivity index (χ1v) is 17.2. The summed E-state index contributed by atoms with van der Waals surface area (Å²) in [5, 5.41) is 12.7. The van der Waals surface area contributed by atoms with Gasteiger partial charge in [0.25, 0.3) is 5.91 Å². The van der Waals surface area contributed by atoms with Crippen molar-refractivity contribution in [3.63, 3.8) is 0 Å². The van der Waals surface area contributed by atoms with Crippen molar-refractivity contribution in [2.24, 2.45) is 21.5 Å². The van der Waals surface area contributed by atoms with Crippen LogP contribution in [0.25, 0.3) is 21.9 Å². The van der Waals surface area contributed by atoms with Crippen molar-refractivity contribution in [1.29, 1.82) is 0 Å². The second kappa shape index (κ2) is 14.5. The van der Waals surface area contributed by atoms with Gasteiger partial charge in [0.1, 0.15) is 17.2 Å². The number of imidazole rings is 1. The van der Waals surface area contributed by atoms with Crippen LogP contribution in [0.2, 0.25) is 0 Å². The van der Waals surface area contributed by atoms with Gasteiger partial charge < -0.3 is 20.6 Å². The molecule has 0 aliphatic heterocycles. The van der Waals surface area contributed by atoms with Gasteiger partial charge in [0.05, 0.1) is 27.9 Å². The largest absolute Gasteiger partial charge is 0.366 e. The minimum atomic E-state index is -0.572. The Morgan fingerprint density at radius 1 is 0.830 bits per heavy atom. The van der Waals surface area contributed by atoms with E-state index in [0.29, 0.717) is 66.1 Å². The van der Waals surface area contributed by atoms with Gasteiger partial charge in [0, 0.05) is 48.3 Å². The molecule has 272 valence electrons. The molecule has 0 atom stereocenters. The molecule has 0 fully saturated rings. The van der Waals surface area contributed by atoms with Crippen LogP contribution >= 0.6 is 0 Å². The van der Waals surface area contributed by atoms with Gasteiger partial charge in [-0.2, -0.15) is 10.2 Å². The molecule has 0 unspecified atom stereocenters. The fourth-order valence-corrected chi connectivity index (χ4v) is 6.62. The Morgan fingerprint density at radius 2 is 1.45 bits per heavy atom. The molecule has 0 saturated carbocycles. The molecule has 0 bridgehead atoms. The van der Waals surface area contributed by atoms with Crippen molar-refractivity contribution in [3.05, 3.63) is 99.6 Å². The number of hydrogen-bond donors (Lipinski definition) is 3. The number of fused-ring (bicyclic) bond motifs is 2. The number of aromatic nitrogens is 7. The molecule has 2 aromatic carbocycles. The molecule has 3 amide bonds. The summed E-state index contributed by atoms with van der Waals surface area (Å²) >= 11 is 0. The van der Waals surface area contributed by atoms with Crippen molar-refractivity contribution >= 4 is 64.0 Å². The van der Waals surface area contributed by atoms with E-state index in [2.05, 4.69) is 27.2 Å². The topological polar surface area (TPSA) is 198 Å². The fourth-order valence-electron chi connectivity index (χ4n) is 6.62. The van der Waals surface area contributed by atoms with Gasteiger partial charge in [0.2, 0.25) is 17.8 Å². The van der Waals surface area contributed by atoms with Crippen molar-refractivity contribution < 1.29 is 14.4 Å². The third-order valence-electron chi connectivity index (χ3n) is 9.08. The zero-order chi connectivity index (χ0) is 38.1. The lowest BCUT2D eigenvalue weighted by atomic mass is 10.1. The Bertz CT molecular complexity index is 2510. The molecule has 6 aromatic rings. The number of anilines is 1. The average molecular weight is 715 g/mol. The standard InChI is InChI=1S/C38H42N12O3/c1-8-49-30(17-22(4)45-49)35(41-7)43-36-24(6)27-19-25(33(39)51)12-13-29(27)47(36)14-10-11-15-48-32-21(3)16-26(34(40)52)20-28(32)42-38(48)44-37(53)31-18-23(5)46-50(31)9-2/h10-13,16-20H,7-9,14-15H2,1-6H3,(H2,39,51)(H2,40,52)(H,42,44,53)/b11-10+,43-35-. The third-order valence-corrected chi connectivity index (χ3v) is 9.08. The molecular weight excluding hydrogens is 672 g/mol. The molecule has 15 heteroatoms. The van der Waals surface area contributed by atoms with Gasteiger partial charge >= 0.3 is 0 Å². The number of nitrogens with zero attached hydrogens (tertiary/aromatic N) is 9. The SMILES string of the molecule is C=N/C(=N\c1c(C)c2cc(C(N)=O)ccc2n1C/C=C/Cn1c(NC(=O)c2cc(C)nn2CC)nc2cc(C(N)=O)cc(C)c21)c1cc(C)nn1CC. The van der Waals surface area contributed by atoms with Gasteiger partial charge in [-0.25, -0.2) is 15.0 Å². The first kappa shape index (κ1) is 36.2. The highest BCUT2D eigenvalue weighted by atomic mass is 16.2. The van der Waals surface area contributed by atoms with E-state index >= 15 is 0 Å². The van der Waals surface area contributed by atoms with Gasteiger partial charge in [-0.05, 0) is 96.3 Å². The van der Waals surface area contributed by atoms with Crippen molar-refractivity contribution in [2.75, 3.05) is 5.32 Å². The normalized spacial score (nSPS) is 12.0. The van der Waals surface area contributed by atoms with Crippen molar-refractivity contribution in [2.45, 2.75) is 67.7 Å². The maximum Gasteiger partial charge on any atom is 0.276 e. The maximum atomic E-state index is 13.5. The van der Waals surface area contributed by atoms with E-state index in [9.17, 15) is 14.4 Å². The van der Waals surface area contributed by atoms with Crippen LogP contribution < -0.4 is 16.8 Å². The quantitative estimate of drug-likeness (QED) is 0.0890. The Hall–Kier alpha value is -6.64. The summed E-state index contributed by atoms with van der Waals surface area (Å²) in [4.78, 5) is 51.7. The van der Waals surface area contributed by atoms with E-state index in [4.69, 9.17) is 21.4 Å². The lowest BCUT2D eigenvalue weighted by Gasteiger charge is -2.11. The minimum absolute atomic E-state index is 0.303. The molecule has 0 aliphatic rings. The zero-order valence-corrected chi connectivity index (χ0v) is 30.6. The first-order chi connectivity index (χ1) is 25.3. The van der Waals surface area contributed by atoms with E-state index in [-0.39, 0.29) is 5.91 Å². The van der Waals surface area contributed by atoms with E-state index in [1.807, 2.05) is 79.6 Å². The molecule has 6 rings (SSSR count). The van der Waals surface area contributed by atoms with Crippen LogP contribution in [-0.2, 0) is 26.2 Å². The van der Waals surface area contributed by atoms with Gasteiger partial charge in [-0.15, -0.1) is 0 Å². The molecule has 0 spiro atoms. The molecule has 5 N–H and O–H groups in total. The summed E-state index contributed by atoms with van der Waals surface area (Å²) in [7, 11) is 0.